The topological polar surface area (TPSA) is 9.23 Å². The fraction of sp³-hybridized carbons (Fsp3) is 0.400. The van der Waals surface area contributed by atoms with Gasteiger partial charge in [0.2, 0.25) is 0 Å². The first-order chi connectivity index (χ1) is 12.0. The third kappa shape index (κ3) is 5.72. The van der Waals surface area contributed by atoms with E-state index in [-0.39, 0.29) is 61.8 Å². The van der Waals surface area contributed by atoms with E-state index in [1.54, 1.807) is 7.11 Å². The number of benzene rings is 2. The van der Waals surface area contributed by atoms with Gasteiger partial charge in [0.15, 0.2) is 0 Å². The van der Waals surface area contributed by atoms with E-state index in [2.05, 4.69) is 90.9 Å². The molecule has 0 atom stereocenters. The summed E-state index contributed by atoms with van der Waals surface area (Å²) in [5, 5.41) is 2.64. The quantitative estimate of drug-likeness (QED) is 0.471. The maximum absolute atomic E-state index is 5.91. The van der Waals surface area contributed by atoms with Crippen LogP contribution < -0.4 is 29.6 Å². The molecule has 0 aromatic heterocycles. The number of halogens is 2. The van der Waals surface area contributed by atoms with E-state index < -0.39 is 0 Å². The minimum absolute atomic E-state index is 0. The van der Waals surface area contributed by atoms with Crippen molar-refractivity contribution in [1.82, 2.24) is 0 Å². The summed E-state index contributed by atoms with van der Waals surface area (Å²) >= 11 is 0. The summed E-state index contributed by atoms with van der Waals surface area (Å²) in [5.74, 6) is 1.03. The van der Waals surface area contributed by atoms with Gasteiger partial charge in [-0.05, 0) is 28.5 Å². The van der Waals surface area contributed by atoms with Crippen LogP contribution in [0.1, 0.15) is 58.2 Å². The normalized spacial score (nSPS) is 11.3. The zero-order chi connectivity index (χ0) is 19.3. The molecule has 155 valence electrons. The molecule has 29 heavy (non-hydrogen) atoms. The molecule has 3 aromatic rings. The molecule has 1 radical (unpaired) electrons. The second-order valence-electron chi connectivity index (χ2n) is 9.45. The Morgan fingerprint density at radius 3 is 1.79 bits per heavy atom. The van der Waals surface area contributed by atoms with Crippen LogP contribution in [0, 0.1) is 6.92 Å². The van der Waals surface area contributed by atoms with E-state index >= 15 is 0 Å². The van der Waals surface area contributed by atoms with Gasteiger partial charge in [-0.1, -0.05) is 60.1 Å². The van der Waals surface area contributed by atoms with Gasteiger partial charge in [0, 0.05) is 11.1 Å². The van der Waals surface area contributed by atoms with E-state index in [0.717, 1.165) is 5.75 Å². The Balaban J connectivity index is 0.00000261. The van der Waals surface area contributed by atoms with Crippen LogP contribution in [0.2, 0.25) is 0 Å². The molecule has 4 heteroatoms. The molecule has 3 rings (SSSR count). The second kappa shape index (κ2) is 10.1. The minimum atomic E-state index is 0. The van der Waals surface area contributed by atoms with Crippen molar-refractivity contribution in [2.75, 3.05) is 7.11 Å². The maximum Gasteiger partial charge on any atom is 3.00 e. The molecule has 0 aliphatic rings. The van der Waals surface area contributed by atoms with Gasteiger partial charge < -0.3 is 29.6 Å². The molecular weight excluding hydrogens is 478 g/mol. The Morgan fingerprint density at radius 2 is 1.34 bits per heavy atom. The first-order valence-corrected chi connectivity index (χ1v) is 9.42. The molecular formula is C25H31Cl2OZr. The number of hydrogen-bond acceptors (Lipinski definition) is 1. The van der Waals surface area contributed by atoms with Crippen LogP contribution in [0.5, 0.6) is 5.75 Å². The number of aryl methyl sites for hydroxylation is 1. The van der Waals surface area contributed by atoms with Crippen molar-refractivity contribution in [3.05, 3.63) is 59.2 Å². The molecule has 0 bridgehead atoms. The summed E-state index contributed by atoms with van der Waals surface area (Å²) in [6.07, 6.45) is 0. The van der Waals surface area contributed by atoms with Crippen molar-refractivity contribution in [3.63, 3.8) is 0 Å². The minimum Gasteiger partial charge on any atom is -1.00 e. The molecule has 0 saturated carbocycles. The van der Waals surface area contributed by atoms with Crippen molar-refractivity contribution in [2.45, 2.75) is 59.3 Å². The van der Waals surface area contributed by atoms with Crippen LogP contribution in [0.3, 0.4) is 0 Å². The summed E-state index contributed by atoms with van der Waals surface area (Å²) in [7, 11) is 1.79. The summed E-state index contributed by atoms with van der Waals surface area (Å²) in [6.45, 7) is 15.7. The monoisotopic (exact) mass is 507 g/mol. The van der Waals surface area contributed by atoms with Crippen LogP contribution in [0.15, 0.2) is 42.5 Å². The largest absolute Gasteiger partial charge is 3.00 e. The van der Waals surface area contributed by atoms with E-state index in [4.69, 9.17) is 4.74 Å². The fourth-order valence-corrected chi connectivity index (χ4v) is 3.75. The Bertz CT molecular complexity index is 924. The van der Waals surface area contributed by atoms with E-state index in [0.29, 0.717) is 0 Å². The molecule has 0 unspecified atom stereocenters. The van der Waals surface area contributed by atoms with Gasteiger partial charge in [0.05, 0.1) is 7.11 Å². The summed E-state index contributed by atoms with van der Waals surface area (Å²) in [4.78, 5) is 0. The predicted molar refractivity (Wildman–Crippen MR) is 114 cm³/mol. The van der Waals surface area contributed by atoms with Crippen molar-refractivity contribution >= 4 is 10.8 Å². The molecule has 0 amide bonds. The van der Waals surface area contributed by atoms with Gasteiger partial charge in [0.1, 0.15) is 5.75 Å². The molecule has 0 spiro atoms. The Kier molecular flexibility index (Phi) is 9.84. The van der Waals surface area contributed by atoms with Gasteiger partial charge in [0.25, 0.3) is 0 Å². The molecule has 0 saturated heterocycles. The number of fused-ring (bicyclic) bond motifs is 1. The fourth-order valence-electron chi connectivity index (χ4n) is 3.75. The van der Waals surface area contributed by atoms with Crippen molar-refractivity contribution in [1.29, 1.82) is 0 Å². The van der Waals surface area contributed by atoms with Crippen molar-refractivity contribution < 1.29 is 55.8 Å². The summed E-state index contributed by atoms with van der Waals surface area (Å²) in [5.41, 5.74) is 6.44. The summed E-state index contributed by atoms with van der Waals surface area (Å²) in [6, 6.07) is 15.8. The predicted octanol–water partition coefficient (Wildman–Crippen LogP) is 1.14. The number of rotatable bonds is 2. The molecule has 0 fully saturated rings. The first-order valence-electron chi connectivity index (χ1n) is 9.42. The Labute approximate surface area is 207 Å². The molecule has 1 nitrogen and oxygen atoms in total. The van der Waals surface area contributed by atoms with Gasteiger partial charge >= 0.3 is 26.2 Å². The zero-order valence-corrected chi connectivity index (χ0v) is 22.7. The average Bonchev–Trinajstić information content (AvgIpc) is 2.91. The Morgan fingerprint density at radius 1 is 0.828 bits per heavy atom. The smallest absolute Gasteiger partial charge is 1.00 e. The van der Waals surface area contributed by atoms with Crippen LogP contribution in [-0.2, 0) is 37.0 Å². The SMILES string of the molecule is COc1c(C(C)(C)C)cc(-c2cccc3[cH-]c(C)cc23)cc1C(C)(C)C.[Cl-].[Cl-].[Zr+3]. The molecule has 0 aliphatic carbocycles. The number of methoxy groups -OCH3 is 1. The number of ether oxygens (including phenoxy) is 1. The van der Waals surface area contributed by atoms with Crippen LogP contribution in [0.25, 0.3) is 21.9 Å². The van der Waals surface area contributed by atoms with Crippen LogP contribution in [-0.4, -0.2) is 7.11 Å². The van der Waals surface area contributed by atoms with Crippen LogP contribution in [0.4, 0.5) is 0 Å². The van der Waals surface area contributed by atoms with Crippen molar-refractivity contribution in [3.8, 4) is 16.9 Å². The van der Waals surface area contributed by atoms with Gasteiger partial charge in [-0.25, -0.2) is 0 Å². The Hall–Kier alpha value is -0.687. The zero-order valence-electron chi connectivity index (χ0n) is 18.7. The van der Waals surface area contributed by atoms with Gasteiger partial charge in [-0.3, -0.25) is 0 Å². The third-order valence-corrected chi connectivity index (χ3v) is 5.12. The second-order valence-corrected chi connectivity index (χ2v) is 9.45. The third-order valence-electron chi connectivity index (χ3n) is 5.12. The van der Waals surface area contributed by atoms with E-state index in [9.17, 15) is 0 Å². The van der Waals surface area contributed by atoms with Gasteiger partial charge in [-0.15, -0.1) is 34.5 Å². The van der Waals surface area contributed by atoms with Crippen LogP contribution >= 0.6 is 0 Å². The van der Waals surface area contributed by atoms with Crippen molar-refractivity contribution in [2.24, 2.45) is 0 Å². The maximum atomic E-state index is 5.91. The van der Waals surface area contributed by atoms with Gasteiger partial charge in [-0.2, -0.15) is 6.07 Å². The summed E-state index contributed by atoms with van der Waals surface area (Å²) < 4.78 is 5.91. The van der Waals surface area contributed by atoms with E-state index in [1.807, 2.05) is 0 Å². The standard InChI is InChI=1S/C25H31O.2ClH.Zr/c1-16-12-17-10-9-11-19(20(17)13-16)18-14-21(24(2,3)4)23(26-8)22(15-18)25(5,6)7;;;/h9-15H,1-8H3;2*1H;/q-1;;;+3/p-2. The number of hydrogen-bond donors (Lipinski definition) is 0. The van der Waals surface area contributed by atoms with E-state index in [1.165, 1.54) is 38.6 Å². The first kappa shape index (κ1) is 28.3. The molecule has 3 aromatic carbocycles. The molecule has 0 heterocycles. The molecule has 0 aliphatic heterocycles. The molecule has 0 N–H and O–H groups in total. The average molecular weight is 510 g/mol.